The summed E-state index contributed by atoms with van der Waals surface area (Å²) in [6.07, 6.45) is 1.61. The third-order valence-corrected chi connectivity index (χ3v) is 2.92. The molecule has 4 nitrogen and oxygen atoms in total. The number of benzene rings is 1. The standard InChI is InChI=1S/C13H16FN3O/c1-2-17(6-7-18)13-10(14)8-11(15)9-4-3-5-16-12(9)13/h3-5,8,18H,2,6-7,15H2,1H3. The molecule has 0 bridgehead atoms. The highest BCUT2D eigenvalue weighted by atomic mass is 19.1. The van der Waals surface area contributed by atoms with Gasteiger partial charge in [0.1, 0.15) is 0 Å². The molecule has 0 saturated heterocycles. The number of hydrogen-bond acceptors (Lipinski definition) is 4. The summed E-state index contributed by atoms with van der Waals surface area (Å²) in [5.41, 5.74) is 7.10. The lowest BCUT2D eigenvalue weighted by molar-refractivity contribution is 0.302. The van der Waals surface area contributed by atoms with E-state index in [1.165, 1.54) is 6.07 Å². The Bertz CT molecular complexity index is 559. The van der Waals surface area contributed by atoms with Crippen molar-refractivity contribution in [2.24, 2.45) is 0 Å². The van der Waals surface area contributed by atoms with Crippen molar-refractivity contribution in [3.63, 3.8) is 0 Å². The monoisotopic (exact) mass is 249 g/mol. The second-order valence-electron chi connectivity index (χ2n) is 4.00. The van der Waals surface area contributed by atoms with Crippen molar-refractivity contribution >= 4 is 22.3 Å². The number of rotatable bonds is 4. The minimum atomic E-state index is -0.408. The van der Waals surface area contributed by atoms with Gasteiger partial charge in [-0.3, -0.25) is 4.98 Å². The fourth-order valence-corrected chi connectivity index (χ4v) is 2.07. The number of aliphatic hydroxyl groups excluding tert-OH is 1. The van der Waals surface area contributed by atoms with Crippen LogP contribution in [0, 0.1) is 5.82 Å². The minimum Gasteiger partial charge on any atom is -0.398 e. The molecule has 0 aliphatic rings. The number of aliphatic hydroxyl groups is 1. The van der Waals surface area contributed by atoms with Gasteiger partial charge in [0.25, 0.3) is 0 Å². The van der Waals surface area contributed by atoms with E-state index < -0.39 is 5.82 Å². The second-order valence-corrected chi connectivity index (χ2v) is 4.00. The first-order chi connectivity index (χ1) is 8.69. The normalized spacial score (nSPS) is 10.8. The number of aromatic nitrogens is 1. The summed E-state index contributed by atoms with van der Waals surface area (Å²) in [4.78, 5) is 5.96. The molecule has 1 heterocycles. The lowest BCUT2D eigenvalue weighted by atomic mass is 10.1. The molecule has 5 heteroatoms. The minimum absolute atomic E-state index is 0.0357. The molecular formula is C13H16FN3O. The van der Waals surface area contributed by atoms with Crippen LogP contribution in [0.3, 0.4) is 0 Å². The van der Waals surface area contributed by atoms with Crippen molar-refractivity contribution < 1.29 is 9.50 Å². The molecule has 2 aromatic rings. The van der Waals surface area contributed by atoms with Gasteiger partial charge in [-0.1, -0.05) is 0 Å². The first kappa shape index (κ1) is 12.6. The molecule has 18 heavy (non-hydrogen) atoms. The average Bonchev–Trinajstić information content (AvgIpc) is 2.37. The Morgan fingerprint density at radius 3 is 2.94 bits per heavy atom. The maximum Gasteiger partial charge on any atom is 0.150 e. The quantitative estimate of drug-likeness (QED) is 0.811. The number of hydrogen-bond donors (Lipinski definition) is 2. The van der Waals surface area contributed by atoms with E-state index in [4.69, 9.17) is 10.8 Å². The van der Waals surface area contributed by atoms with Gasteiger partial charge in [0.15, 0.2) is 5.82 Å². The highest BCUT2D eigenvalue weighted by Gasteiger charge is 2.16. The van der Waals surface area contributed by atoms with Gasteiger partial charge in [-0.15, -0.1) is 0 Å². The van der Waals surface area contributed by atoms with Crippen molar-refractivity contribution in [2.75, 3.05) is 30.3 Å². The number of halogens is 1. The third kappa shape index (κ3) is 2.09. The highest BCUT2D eigenvalue weighted by Crippen LogP contribution is 2.32. The zero-order chi connectivity index (χ0) is 13.1. The van der Waals surface area contributed by atoms with Gasteiger partial charge in [-0.05, 0) is 25.1 Å². The summed E-state index contributed by atoms with van der Waals surface area (Å²) in [6, 6.07) is 4.88. The molecule has 96 valence electrons. The van der Waals surface area contributed by atoms with Gasteiger partial charge >= 0.3 is 0 Å². The lowest BCUT2D eigenvalue weighted by Gasteiger charge is -2.24. The van der Waals surface area contributed by atoms with Crippen molar-refractivity contribution in [2.45, 2.75) is 6.92 Å². The molecule has 1 aromatic heterocycles. The smallest absolute Gasteiger partial charge is 0.150 e. The van der Waals surface area contributed by atoms with Crippen LogP contribution in [0.5, 0.6) is 0 Å². The average molecular weight is 249 g/mol. The zero-order valence-electron chi connectivity index (χ0n) is 10.2. The predicted molar refractivity (Wildman–Crippen MR) is 71.1 cm³/mol. The summed E-state index contributed by atoms with van der Waals surface area (Å²) in [7, 11) is 0. The van der Waals surface area contributed by atoms with Crippen molar-refractivity contribution in [3.8, 4) is 0 Å². The van der Waals surface area contributed by atoms with Gasteiger partial charge in [0, 0.05) is 30.4 Å². The molecule has 0 spiro atoms. The van der Waals surface area contributed by atoms with E-state index in [9.17, 15) is 4.39 Å². The Hall–Kier alpha value is -1.88. The van der Waals surface area contributed by atoms with E-state index in [1.54, 1.807) is 17.2 Å². The SMILES string of the molecule is CCN(CCO)c1c(F)cc(N)c2cccnc12. The van der Waals surface area contributed by atoms with E-state index >= 15 is 0 Å². The summed E-state index contributed by atoms with van der Waals surface area (Å²) in [6.45, 7) is 2.82. The first-order valence-corrected chi connectivity index (χ1v) is 5.87. The van der Waals surface area contributed by atoms with Crippen molar-refractivity contribution in [1.29, 1.82) is 0 Å². The second kappa shape index (κ2) is 5.18. The largest absolute Gasteiger partial charge is 0.398 e. The molecule has 0 atom stereocenters. The van der Waals surface area contributed by atoms with Crippen LogP contribution >= 0.6 is 0 Å². The van der Waals surface area contributed by atoms with E-state index in [2.05, 4.69) is 4.98 Å². The molecule has 0 radical (unpaired) electrons. The van der Waals surface area contributed by atoms with Gasteiger partial charge in [-0.25, -0.2) is 4.39 Å². The molecule has 0 aliphatic carbocycles. The maximum atomic E-state index is 14.1. The van der Waals surface area contributed by atoms with Crippen LogP contribution in [0.25, 0.3) is 10.9 Å². The highest BCUT2D eigenvalue weighted by molar-refractivity contribution is 5.98. The predicted octanol–water partition coefficient (Wildman–Crippen LogP) is 1.77. The molecular weight excluding hydrogens is 233 g/mol. The number of likely N-dealkylation sites (N-methyl/N-ethyl adjacent to an activating group) is 1. The number of pyridine rings is 1. The number of nitrogens with zero attached hydrogens (tertiary/aromatic N) is 2. The Morgan fingerprint density at radius 1 is 1.50 bits per heavy atom. The topological polar surface area (TPSA) is 62.4 Å². The maximum absolute atomic E-state index is 14.1. The van der Waals surface area contributed by atoms with E-state index in [0.717, 1.165) is 5.39 Å². The van der Waals surface area contributed by atoms with E-state index in [1.807, 2.05) is 13.0 Å². The van der Waals surface area contributed by atoms with E-state index in [0.29, 0.717) is 30.0 Å². The number of anilines is 2. The molecule has 2 rings (SSSR count). The molecule has 0 amide bonds. The Kier molecular flexibility index (Phi) is 3.62. The van der Waals surface area contributed by atoms with Crippen molar-refractivity contribution in [1.82, 2.24) is 4.98 Å². The number of nitrogens with two attached hydrogens (primary N) is 1. The molecule has 0 saturated carbocycles. The Morgan fingerprint density at radius 2 is 2.28 bits per heavy atom. The van der Waals surface area contributed by atoms with Crippen LogP contribution in [0.2, 0.25) is 0 Å². The molecule has 1 aromatic carbocycles. The van der Waals surface area contributed by atoms with Crippen molar-refractivity contribution in [3.05, 3.63) is 30.2 Å². The Balaban J connectivity index is 2.68. The summed E-state index contributed by atoms with van der Waals surface area (Å²) in [5.74, 6) is -0.408. The van der Waals surface area contributed by atoms with Crippen LogP contribution < -0.4 is 10.6 Å². The summed E-state index contributed by atoms with van der Waals surface area (Å²) >= 11 is 0. The number of fused-ring (bicyclic) bond motifs is 1. The number of nitrogen functional groups attached to an aromatic ring is 1. The molecule has 0 fully saturated rings. The summed E-state index contributed by atoms with van der Waals surface area (Å²) in [5, 5.41) is 9.76. The Labute approximate surface area is 105 Å². The fraction of sp³-hybridized carbons (Fsp3) is 0.308. The first-order valence-electron chi connectivity index (χ1n) is 5.87. The zero-order valence-corrected chi connectivity index (χ0v) is 10.2. The molecule has 0 unspecified atom stereocenters. The van der Waals surface area contributed by atoms with Gasteiger partial charge in [0.05, 0.1) is 17.8 Å². The summed E-state index contributed by atoms with van der Waals surface area (Å²) < 4.78 is 14.1. The fourth-order valence-electron chi connectivity index (χ4n) is 2.07. The van der Waals surface area contributed by atoms with Crippen LogP contribution in [0.1, 0.15) is 6.92 Å². The van der Waals surface area contributed by atoms with Gasteiger partial charge in [-0.2, -0.15) is 0 Å². The van der Waals surface area contributed by atoms with Crippen LogP contribution in [-0.2, 0) is 0 Å². The molecule has 3 N–H and O–H groups in total. The molecule has 0 aliphatic heterocycles. The third-order valence-electron chi connectivity index (χ3n) is 2.92. The van der Waals surface area contributed by atoms with Crippen LogP contribution in [-0.4, -0.2) is 29.8 Å². The van der Waals surface area contributed by atoms with Crippen LogP contribution in [0.4, 0.5) is 15.8 Å². The van der Waals surface area contributed by atoms with Gasteiger partial charge in [0.2, 0.25) is 0 Å². The lowest BCUT2D eigenvalue weighted by Crippen LogP contribution is -2.27. The van der Waals surface area contributed by atoms with E-state index in [-0.39, 0.29) is 6.61 Å². The van der Waals surface area contributed by atoms with Gasteiger partial charge < -0.3 is 15.7 Å². The van der Waals surface area contributed by atoms with Crippen LogP contribution in [0.15, 0.2) is 24.4 Å².